The molecule has 3 aromatic carbocycles. The zero-order valence-corrected chi connectivity index (χ0v) is 20.7. The lowest BCUT2D eigenvalue weighted by Crippen LogP contribution is -2.32. The Morgan fingerprint density at radius 2 is 1.58 bits per heavy atom. The fourth-order valence-corrected chi connectivity index (χ4v) is 4.05. The third-order valence-corrected chi connectivity index (χ3v) is 6.05. The van der Waals surface area contributed by atoms with E-state index in [9.17, 15) is 19.2 Å². The van der Waals surface area contributed by atoms with E-state index in [0.29, 0.717) is 16.4 Å². The fraction of sp³-hybridized carbons (Fsp3) is 0.0400. The minimum Gasteiger partial charge on any atom is -0.465 e. The summed E-state index contributed by atoms with van der Waals surface area (Å²) in [6.45, 7) is 0. The second-order valence-corrected chi connectivity index (χ2v) is 8.68. The van der Waals surface area contributed by atoms with E-state index in [4.69, 9.17) is 34.8 Å². The van der Waals surface area contributed by atoms with Gasteiger partial charge in [-0.2, -0.15) is 0 Å². The van der Waals surface area contributed by atoms with Gasteiger partial charge in [-0.15, -0.1) is 0 Å². The highest BCUT2D eigenvalue weighted by Crippen LogP contribution is 2.31. The first-order valence-electron chi connectivity index (χ1n) is 10.3. The van der Waals surface area contributed by atoms with Crippen LogP contribution in [0.5, 0.6) is 0 Å². The molecule has 2 N–H and O–H groups in total. The Kier molecular flexibility index (Phi) is 7.30. The molecule has 0 spiro atoms. The predicted molar refractivity (Wildman–Crippen MR) is 138 cm³/mol. The van der Waals surface area contributed by atoms with Gasteiger partial charge in [0.15, 0.2) is 0 Å². The molecule has 0 saturated carbocycles. The van der Waals surface area contributed by atoms with E-state index in [1.807, 2.05) is 0 Å². The monoisotopic (exact) mass is 543 g/mol. The summed E-state index contributed by atoms with van der Waals surface area (Å²) in [7, 11) is 1.25. The van der Waals surface area contributed by atoms with Gasteiger partial charge in [0.05, 0.1) is 29.1 Å². The number of rotatable bonds is 6. The summed E-state index contributed by atoms with van der Waals surface area (Å²) < 4.78 is 4.65. The number of anilines is 3. The van der Waals surface area contributed by atoms with Crippen LogP contribution in [0.4, 0.5) is 17.1 Å². The first-order chi connectivity index (χ1) is 17.2. The largest absolute Gasteiger partial charge is 0.465 e. The smallest absolute Gasteiger partial charge is 0.337 e. The van der Waals surface area contributed by atoms with E-state index in [1.54, 1.807) is 30.3 Å². The minimum absolute atomic E-state index is 0.156. The van der Waals surface area contributed by atoms with Gasteiger partial charge in [-0.25, -0.2) is 9.69 Å². The Labute approximate surface area is 220 Å². The predicted octanol–water partition coefficient (Wildman–Crippen LogP) is 5.47. The molecule has 0 atom stereocenters. The normalized spacial score (nSPS) is 13.2. The molecule has 0 fully saturated rings. The van der Waals surface area contributed by atoms with Gasteiger partial charge >= 0.3 is 5.97 Å². The first-order valence-corrected chi connectivity index (χ1v) is 11.4. The minimum atomic E-state index is -0.735. The maximum absolute atomic E-state index is 13.0. The molecule has 0 saturated heterocycles. The highest BCUT2D eigenvalue weighted by molar-refractivity contribution is 6.53. The van der Waals surface area contributed by atoms with Gasteiger partial charge in [-0.05, 0) is 60.7 Å². The Morgan fingerprint density at radius 3 is 2.25 bits per heavy atom. The fourth-order valence-electron chi connectivity index (χ4n) is 3.38. The van der Waals surface area contributed by atoms with E-state index in [1.165, 1.54) is 43.5 Å². The molecule has 0 unspecified atom stereocenters. The maximum atomic E-state index is 13.0. The molecule has 0 aliphatic carbocycles. The number of methoxy groups -OCH3 is 1. The lowest BCUT2D eigenvalue weighted by molar-refractivity contribution is -0.120. The Balaban J connectivity index is 1.52. The highest BCUT2D eigenvalue weighted by atomic mass is 35.5. The summed E-state index contributed by atoms with van der Waals surface area (Å²) in [5.41, 5.74) is 1.31. The van der Waals surface area contributed by atoms with Crippen LogP contribution < -0.4 is 15.5 Å². The molecule has 0 aromatic heterocycles. The summed E-state index contributed by atoms with van der Waals surface area (Å²) in [6, 6.07) is 16.6. The molecule has 0 radical (unpaired) electrons. The highest BCUT2D eigenvalue weighted by Gasteiger charge is 2.39. The molecule has 36 heavy (non-hydrogen) atoms. The van der Waals surface area contributed by atoms with Crippen LogP contribution in [0.3, 0.4) is 0 Å². The van der Waals surface area contributed by atoms with Crippen molar-refractivity contribution in [2.75, 3.05) is 22.6 Å². The van der Waals surface area contributed by atoms with Crippen molar-refractivity contribution in [3.63, 3.8) is 0 Å². The van der Waals surface area contributed by atoms with Crippen LogP contribution in [0.2, 0.25) is 10.0 Å². The zero-order valence-electron chi connectivity index (χ0n) is 18.5. The number of nitrogens with one attached hydrogen (secondary N) is 2. The molecule has 1 aliphatic rings. The average molecular weight is 545 g/mol. The summed E-state index contributed by atoms with van der Waals surface area (Å²) >= 11 is 18.2. The SMILES string of the molecule is COC(=O)c1ccc(N2C(=O)C(Cl)=C(Nc3cccc(C(=O)Nc4ccc(Cl)cc4Cl)c3)C2=O)cc1. The van der Waals surface area contributed by atoms with Gasteiger partial charge < -0.3 is 15.4 Å². The van der Waals surface area contributed by atoms with Crippen molar-refractivity contribution in [3.05, 3.63) is 98.6 Å². The summed E-state index contributed by atoms with van der Waals surface area (Å²) in [4.78, 5) is 51.0. The number of ether oxygens (including phenoxy) is 1. The number of hydrogen-bond donors (Lipinski definition) is 2. The van der Waals surface area contributed by atoms with E-state index >= 15 is 0 Å². The van der Waals surface area contributed by atoms with Gasteiger partial charge in [0.1, 0.15) is 10.7 Å². The average Bonchev–Trinajstić information content (AvgIpc) is 3.08. The number of benzene rings is 3. The Morgan fingerprint density at radius 1 is 0.861 bits per heavy atom. The van der Waals surface area contributed by atoms with Crippen molar-refractivity contribution in [1.29, 1.82) is 0 Å². The number of carbonyl (C=O) groups excluding carboxylic acids is 4. The summed E-state index contributed by atoms with van der Waals surface area (Å²) in [6.07, 6.45) is 0. The summed E-state index contributed by atoms with van der Waals surface area (Å²) in [5.74, 6) is -2.44. The van der Waals surface area contributed by atoms with Crippen LogP contribution in [0, 0.1) is 0 Å². The van der Waals surface area contributed by atoms with Gasteiger partial charge in [-0.1, -0.05) is 40.9 Å². The van der Waals surface area contributed by atoms with Crippen LogP contribution in [0.25, 0.3) is 0 Å². The van der Waals surface area contributed by atoms with Gasteiger partial charge in [0.25, 0.3) is 17.7 Å². The van der Waals surface area contributed by atoms with Crippen molar-refractivity contribution in [2.45, 2.75) is 0 Å². The Bertz CT molecular complexity index is 1440. The van der Waals surface area contributed by atoms with E-state index in [0.717, 1.165) is 4.90 Å². The van der Waals surface area contributed by atoms with Crippen molar-refractivity contribution < 1.29 is 23.9 Å². The van der Waals surface area contributed by atoms with Crippen LogP contribution in [0.1, 0.15) is 20.7 Å². The molecule has 182 valence electrons. The maximum Gasteiger partial charge on any atom is 0.337 e. The standard InChI is InChI=1S/C25H16Cl3N3O5/c1-36-25(35)13-5-8-17(9-6-13)31-23(33)20(28)21(24(31)34)29-16-4-2-3-14(11-16)22(32)30-19-10-7-15(26)12-18(19)27/h2-12,29H,1H3,(H,30,32). The quantitative estimate of drug-likeness (QED) is 0.315. The molecule has 1 heterocycles. The molecule has 8 nitrogen and oxygen atoms in total. The lowest BCUT2D eigenvalue weighted by atomic mass is 10.1. The van der Waals surface area contributed by atoms with Crippen molar-refractivity contribution in [2.24, 2.45) is 0 Å². The van der Waals surface area contributed by atoms with E-state index in [-0.39, 0.29) is 32.6 Å². The van der Waals surface area contributed by atoms with Crippen molar-refractivity contribution in [3.8, 4) is 0 Å². The molecule has 3 aromatic rings. The number of imide groups is 1. The van der Waals surface area contributed by atoms with Crippen LogP contribution >= 0.6 is 34.8 Å². The number of hydrogen-bond acceptors (Lipinski definition) is 6. The third kappa shape index (κ3) is 5.06. The molecule has 0 bridgehead atoms. The van der Waals surface area contributed by atoms with Gasteiger partial charge in [0.2, 0.25) is 0 Å². The summed E-state index contributed by atoms with van der Waals surface area (Å²) in [5, 5.41) is 5.90. The van der Waals surface area contributed by atoms with Crippen LogP contribution in [-0.2, 0) is 14.3 Å². The van der Waals surface area contributed by atoms with Gasteiger partial charge in [-0.3, -0.25) is 14.4 Å². The van der Waals surface area contributed by atoms with E-state index < -0.39 is 23.7 Å². The third-order valence-electron chi connectivity index (χ3n) is 5.15. The number of amides is 3. The molecular formula is C25H16Cl3N3O5. The lowest BCUT2D eigenvalue weighted by Gasteiger charge is -2.15. The molecular weight excluding hydrogens is 529 g/mol. The van der Waals surface area contributed by atoms with Crippen molar-refractivity contribution in [1.82, 2.24) is 0 Å². The number of carbonyl (C=O) groups is 4. The van der Waals surface area contributed by atoms with Crippen LogP contribution in [0.15, 0.2) is 77.5 Å². The molecule has 11 heteroatoms. The zero-order chi connectivity index (χ0) is 26.0. The molecule has 1 aliphatic heterocycles. The number of nitrogens with zero attached hydrogens (tertiary/aromatic N) is 1. The second-order valence-electron chi connectivity index (χ2n) is 7.46. The van der Waals surface area contributed by atoms with E-state index in [2.05, 4.69) is 15.4 Å². The van der Waals surface area contributed by atoms with Crippen molar-refractivity contribution >= 4 is 75.6 Å². The molecule has 4 rings (SSSR count). The van der Waals surface area contributed by atoms with Crippen LogP contribution in [-0.4, -0.2) is 30.8 Å². The molecule has 3 amide bonds. The number of esters is 1. The number of halogens is 3. The van der Waals surface area contributed by atoms with Gasteiger partial charge in [0, 0.05) is 16.3 Å². The Hall–Kier alpha value is -3.85. The topological polar surface area (TPSA) is 105 Å². The first kappa shape index (κ1) is 25.2. The second kappa shape index (κ2) is 10.4.